The average molecular weight is 246 g/mol. The molecular weight excluding hydrogens is 228 g/mol. The molecule has 0 aromatic rings. The molecule has 1 heterocycles. The summed E-state index contributed by atoms with van der Waals surface area (Å²) in [4.78, 5) is 26.2. The van der Waals surface area contributed by atoms with Crippen molar-refractivity contribution < 1.29 is 9.59 Å². The fraction of sp³-hybridized carbons (Fsp3) is 0.786. The van der Waals surface area contributed by atoms with Crippen LogP contribution in [0.15, 0.2) is 0 Å². The molecule has 4 heteroatoms. The summed E-state index contributed by atoms with van der Waals surface area (Å²) in [6.07, 6.45) is 6.80. The molecule has 2 amide bonds. The molecule has 3 rings (SSSR count). The zero-order chi connectivity index (χ0) is 12.8. The number of hydrogen-bond acceptors (Lipinski definition) is 3. The van der Waals surface area contributed by atoms with Crippen molar-refractivity contribution in [2.24, 2.45) is 11.3 Å². The Kier molecular flexibility index (Phi) is 2.65. The summed E-state index contributed by atoms with van der Waals surface area (Å²) in [6.45, 7) is 0. The monoisotopic (exact) mass is 246 g/mol. The number of imide groups is 1. The molecule has 0 N–H and O–H groups in total. The van der Waals surface area contributed by atoms with Gasteiger partial charge in [0.05, 0.1) is 23.4 Å². The van der Waals surface area contributed by atoms with Gasteiger partial charge in [-0.2, -0.15) is 5.26 Å². The Bertz CT molecular complexity index is 432. The normalized spacial score (nSPS) is 34.5. The second kappa shape index (κ2) is 4.08. The number of rotatable bonds is 1. The van der Waals surface area contributed by atoms with Gasteiger partial charge in [0.2, 0.25) is 11.8 Å². The number of amides is 2. The molecule has 0 aromatic heterocycles. The molecule has 1 aliphatic heterocycles. The van der Waals surface area contributed by atoms with Crippen LogP contribution in [0.3, 0.4) is 0 Å². The highest BCUT2D eigenvalue weighted by Crippen LogP contribution is 2.48. The highest BCUT2D eigenvalue weighted by atomic mass is 16.2. The first-order chi connectivity index (χ1) is 8.68. The molecule has 2 saturated carbocycles. The fourth-order valence-corrected chi connectivity index (χ4v) is 4.00. The minimum absolute atomic E-state index is 0.0251. The van der Waals surface area contributed by atoms with Gasteiger partial charge in [0.25, 0.3) is 0 Å². The number of nitriles is 1. The van der Waals surface area contributed by atoms with E-state index in [-0.39, 0.29) is 29.2 Å². The van der Waals surface area contributed by atoms with Gasteiger partial charge in [0.1, 0.15) is 0 Å². The van der Waals surface area contributed by atoms with E-state index in [1.54, 1.807) is 0 Å². The Morgan fingerprint density at radius 2 is 1.89 bits per heavy atom. The van der Waals surface area contributed by atoms with Crippen LogP contribution in [0.5, 0.6) is 0 Å². The first-order valence-electron chi connectivity index (χ1n) is 6.94. The maximum atomic E-state index is 12.6. The van der Waals surface area contributed by atoms with E-state index in [9.17, 15) is 9.59 Å². The number of carbonyl (C=O) groups excluding carboxylic acids is 2. The van der Waals surface area contributed by atoms with E-state index in [1.165, 1.54) is 4.90 Å². The lowest BCUT2D eigenvalue weighted by Crippen LogP contribution is -2.43. The van der Waals surface area contributed by atoms with Crippen molar-refractivity contribution in [1.82, 2.24) is 4.90 Å². The van der Waals surface area contributed by atoms with E-state index in [4.69, 9.17) is 5.26 Å². The first-order valence-corrected chi connectivity index (χ1v) is 6.94. The van der Waals surface area contributed by atoms with Crippen LogP contribution in [-0.4, -0.2) is 22.8 Å². The van der Waals surface area contributed by atoms with Gasteiger partial charge in [-0.1, -0.05) is 12.8 Å². The molecule has 4 nitrogen and oxygen atoms in total. The van der Waals surface area contributed by atoms with Crippen LogP contribution in [0.1, 0.15) is 51.4 Å². The van der Waals surface area contributed by atoms with Crippen molar-refractivity contribution in [2.75, 3.05) is 0 Å². The van der Waals surface area contributed by atoms with Gasteiger partial charge in [-0.15, -0.1) is 0 Å². The van der Waals surface area contributed by atoms with Crippen LogP contribution in [0.2, 0.25) is 0 Å². The maximum Gasteiger partial charge on any atom is 0.236 e. The summed E-state index contributed by atoms with van der Waals surface area (Å²) in [6, 6.07) is 2.12. The Balaban J connectivity index is 1.87. The molecule has 1 saturated heterocycles. The van der Waals surface area contributed by atoms with Crippen LogP contribution < -0.4 is 0 Å². The minimum atomic E-state index is -0.389. The van der Waals surface area contributed by atoms with Gasteiger partial charge < -0.3 is 0 Å². The summed E-state index contributed by atoms with van der Waals surface area (Å²) in [5.74, 6) is -0.152. The van der Waals surface area contributed by atoms with E-state index >= 15 is 0 Å². The summed E-state index contributed by atoms with van der Waals surface area (Å²) in [7, 11) is 0. The topological polar surface area (TPSA) is 61.2 Å². The molecular formula is C14H18N2O2. The summed E-state index contributed by atoms with van der Waals surface area (Å²) in [5, 5.41) is 9.13. The Morgan fingerprint density at radius 3 is 2.56 bits per heavy atom. The number of carbonyl (C=O) groups is 2. The third kappa shape index (κ3) is 1.50. The molecule has 18 heavy (non-hydrogen) atoms. The molecule has 3 aliphatic rings. The lowest BCUT2D eigenvalue weighted by molar-refractivity contribution is -0.144. The van der Waals surface area contributed by atoms with Gasteiger partial charge in [0.15, 0.2) is 0 Å². The van der Waals surface area contributed by atoms with E-state index in [1.807, 2.05) is 0 Å². The van der Waals surface area contributed by atoms with Crippen molar-refractivity contribution in [3.8, 4) is 6.07 Å². The van der Waals surface area contributed by atoms with E-state index in [0.29, 0.717) is 6.42 Å². The Hall–Kier alpha value is -1.37. The molecule has 1 spiro atoms. The zero-order valence-electron chi connectivity index (χ0n) is 10.5. The Morgan fingerprint density at radius 1 is 1.17 bits per heavy atom. The van der Waals surface area contributed by atoms with Crippen molar-refractivity contribution in [1.29, 1.82) is 5.26 Å². The zero-order valence-corrected chi connectivity index (χ0v) is 10.5. The molecule has 2 aliphatic carbocycles. The molecule has 96 valence electrons. The van der Waals surface area contributed by atoms with Crippen molar-refractivity contribution >= 4 is 11.8 Å². The molecule has 0 radical (unpaired) electrons. The van der Waals surface area contributed by atoms with E-state index in [0.717, 1.165) is 44.9 Å². The predicted molar refractivity (Wildman–Crippen MR) is 64.1 cm³/mol. The summed E-state index contributed by atoms with van der Waals surface area (Å²) in [5.41, 5.74) is -0.389. The van der Waals surface area contributed by atoms with Crippen molar-refractivity contribution in [3.63, 3.8) is 0 Å². The van der Waals surface area contributed by atoms with Gasteiger partial charge in [0, 0.05) is 6.42 Å². The van der Waals surface area contributed by atoms with Gasteiger partial charge in [-0.05, 0) is 32.1 Å². The van der Waals surface area contributed by atoms with Crippen molar-refractivity contribution in [2.45, 2.75) is 57.4 Å². The minimum Gasteiger partial charge on any atom is -0.278 e. The van der Waals surface area contributed by atoms with E-state index < -0.39 is 0 Å². The quantitative estimate of drug-likeness (QED) is 0.665. The first kappa shape index (κ1) is 11.7. The van der Waals surface area contributed by atoms with Crippen LogP contribution >= 0.6 is 0 Å². The van der Waals surface area contributed by atoms with Gasteiger partial charge >= 0.3 is 0 Å². The fourth-order valence-electron chi connectivity index (χ4n) is 4.00. The second-order valence-electron chi connectivity index (χ2n) is 5.97. The second-order valence-corrected chi connectivity index (χ2v) is 5.97. The molecule has 2 unspecified atom stereocenters. The van der Waals surface area contributed by atoms with Crippen LogP contribution in [0.4, 0.5) is 0 Å². The highest BCUT2D eigenvalue weighted by Gasteiger charge is 2.55. The SMILES string of the molecule is N#CC1CCCC1N1C(=O)CC2(CCCC2)C1=O. The molecule has 3 fully saturated rings. The molecule has 2 atom stereocenters. The van der Waals surface area contributed by atoms with Crippen LogP contribution in [0.25, 0.3) is 0 Å². The number of hydrogen-bond donors (Lipinski definition) is 0. The largest absolute Gasteiger partial charge is 0.278 e. The smallest absolute Gasteiger partial charge is 0.236 e. The van der Waals surface area contributed by atoms with Gasteiger partial charge in [-0.3, -0.25) is 14.5 Å². The maximum absolute atomic E-state index is 12.6. The molecule has 0 bridgehead atoms. The summed E-state index contributed by atoms with van der Waals surface area (Å²) < 4.78 is 0. The standard InChI is InChI=1S/C14H18N2O2/c15-9-10-4-3-5-11(10)16-12(17)8-14(13(16)18)6-1-2-7-14/h10-11H,1-8H2. The number of nitrogens with zero attached hydrogens (tertiary/aromatic N) is 2. The van der Waals surface area contributed by atoms with Crippen LogP contribution in [-0.2, 0) is 9.59 Å². The highest BCUT2D eigenvalue weighted by molar-refractivity contribution is 6.06. The van der Waals surface area contributed by atoms with E-state index in [2.05, 4.69) is 6.07 Å². The average Bonchev–Trinajstić information content (AvgIpc) is 3.02. The lowest BCUT2D eigenvalue weighted by Gasteiger charge is -2.27. The van der Waals surface area contributed by atoms with Gasteiger partial charge in [-0.25, -0.2) is 0 Å². The third-order valence-corrected chi connectivity index (χ3v) is 4.97. The number of likely N-dealkylation sites (tertiary alicyclic amines) is 1. The lowest BCUT2D eigenvalue weighted by atomic mass is 9.84. The predicted octanol–water partition coefficient (Wildman–Crippen LogP) is 2.00. The summed E-state index contributed by atoms with van der Waals surface area (Å²) >= 11 is 0. The van der Waals surface area contributed by atoms with Crippen LogP contribution in [0, 0.1) is 22.7 Å². The van der Waals surface area contributed by atoms with Crippen molar-refractivity contribution in [3.05, 3.63) is 0 Å². The third-order valence-electron chi connectivity index (χ3n) is 4.97. The Labute approximate surface area is 107 Å². The molecule has 0 aromatic carbocycles.